The normalized spacial score (nSPS) is 13.5. The molecule has 3 aromatic rings. The van der Waals surface area contributed by atoms with Gasteiger partial charge in [0.25, 0.3) is 11.5 Å². The summed E-state index contributed by atoms with van der Waals surface area (Å²) in [5.74, 6) is -0.193. The maximum atomic E-state index is 12.4. The van der Waals surface area contributed by atoms with E-state index < -0.39 is 30.1 Å². The predicted octanol–water partition coefficient (Wildman–Crippen LogP) is 1.13. The lowest BCUT2D eigenvalue weighted by molar-refractivity contribution is -0.154. The SMILES string of the molecule is CC(OC(=O)Cn1nnc2ccccc2c1=O)C(=O)Nc1ccc2c(c1)OCCO2. The Labute approximate surface area is 170 Å². The number of hydrogen-bond acceptors (Lipinski definition) is 8. The van der Waals surface area contributed by atoms with Crippen LogP contribution in [0.25, 0.3) is 10.9 Å². The van der Waals surface area contributed by atoms with E-state index in [4.69, 9.17) is 14.2 Å². The van der Waals surface area contributed by atoms with Gasteiger partial charge in [0, 0.05) is 11.8 Å². The maximum absolute atomic E-state index is 12.4. The average molecular weight is 410 g/mol. The minimum absolute atomic E-state index is 0.338. The van der Waals surface area contributed by atoms with Gasteiger partial charge in [-0.1, -0.05) is 17.3 Å². The largest absolute Gasteiger partial charge is 0.486 e. The van der Waals surface area contributed by atoms with Crippen molar-refractivity contribution in [2.45, 2.75) is 19.6 Å². The van der Waals surface area contributed by atoms with Gasteiger partial charge in [-0.15, -0.1) is 5.10 Å². The number of benzene rings is 2. The summed E-state index contributed by atoms with van der Waals surface area (Å²) in [6.07, 6.45) is -1.09. The second kappa shape index (κ2) is 8.19. The van der Waals surface area contributed by atoms with Crippen LogP contribution in [-0.4, -0.2) is 46.2 Å². The highest BCUT2D eigenvalue weighted by atomic mass is 16.6. The Balaban J connectivity index is 1.38. The van der Waals surface area contributed by atoms with E-state index in [9.17, 15) is 14.4 Å². The zero-order chi connectivity index (χ0) is 21.1. The summed E-state index contributed by atoms with van der Waals surface area (Å²) in [5.41, 5.74) is 0.439. The monoisotopic (exact) mass is 410 g/mol. The third-order valence-electron chi connectivity index (χ3n) is 4.40. The molecule has 0 saturated heterocycles. The Bertz CT molecular complexity index is 1180. The number of hydrogen-bond donors (Lipinski definition) is 1. The number of nitrogens with zero attached hydrogens (tertiary/aromatic N) is 3. The lowest BCUT2D eigenvalue weighted by atomic mass is 10.2. The van der Waals surface area contributed by atoms with Crippen LogP contribution in [0.4, 0.5) is 5.69 Å². The molecule has 30 heavy (non-hydrogen) atoms. The van der Waals surface area contributed by atoms with E-state index in [1.807, 2.05) is 0 Å². The first kappa shape index (κ1) is 19.4. The number of esters is 1. The van der Waals surface area contributed by atoms with Gasteiger partial charge < -0.3 is 19.5 Å². The first-order valence-corrected chi connectivity index (χ1v) is 9.24. The summed E-state index contributed by atoms with van der Waals surface area (Å²) < 4.78 is 16.9. The molecule has 1 aliphatic rings. The van der Waals surface area contributed by atoms with Crippen LogP contribution >= 0.6 is 0 Å². The van der Waals surface area contributed by atoms with Gasteiger partial charge in [0.2, 0.25) is 0 Å². The van der Waals surface area contributed by atoms with Gasteiger partial charge in [0.05, 0.1) is 5.39 Å². The van der Waals surface area contributed by atoms with Crippen molar-refractivity contribution >= 4 is 28.5 Å². The van der Waals surface area contributed by atoms with Crippen molar-refractivity contribution in [3.63, 3.8) is 0 Å². The lowest BCUT2D eigenvalue weighted by Crippen LogP contribution is -2.34. The van der Waals surface area contributed by atoms with Crippen LogP contribution in [0.5, 0.6) is 11.5 Å². The van der Waals surface area contributed by atoms with Gasteiger partial charge in [-0.05, 0) is 31.2 Å². The standard InChI is InChI=1S/C20H18N4O6/c1-12(19(26)21-13-6-7-16-17(10-13)29-9-8-28-16)30-18(25)11-24-20(27)14-4-2-3-5-15(14)22-23-24/h2-7,10,12H,8-9,11H2,1H3,(H,21,26). The fourth-order valence-electron chi connectivity index (χ4n) is 2.90. The molecule has 0 bridgehead atoms. The summed E-state index contributed by atoms with van der Waals surface area (Å²) in [6.45, 7) is 1.87. The molecule has 1 N–H and O–H groups in total. The number of ether oxygens (including phenoxy) is 3. The van der Waals surface area contributed by atoms with E-state index in [0.717, 1.165) is 4.68 Å². The third kappa shape index (κ3) is 4.07. The summed E-state index contributed by atoms with van der Waals surface area (Å²) in [5, 5.41) is 10.6. The zero-order valence-corrected chi connectivity index (χ0v) is 16.0. The molecule has 0 aliphatic carbocycles. The molecule has 10 heteroatoms. The van der Waals surface area contributed by atoms with Gasteiger partial charge in [0.15, 0.2) is 17.6 Å². The number of carbonyl (C=O) groups is 2. The van der Waals surface area contributed by atoms with Gasteiger partial charge in [-0.3, -0.25) is 14.4 Å². The molecule has 1 aromatic heterocycles. The number of fused-ring (bicyclic) bond motifs is 2. The molecule has 0 saturated carbocycles. The summed E-state index contributed by atoms with van der Waals surface area (Å²) in [7, 11) is 0. The Kier molecular flexibility index (Phi) is 5.29. The number of carbonyl (C=O) groups excluding carboxylic acids is 2. The predicted molar refractivity (Wildman–Crippen MR) is 105 cm³/mol. The van der Waals surface area contributed by atoms with Gasteiger partial charge in [-0.25, -0.2) is 0 Å². The minimum atomic E-state index is -1.09. The highest BCUT2D eigenvalue weighted by Gasteiger charge is 2.20. The summed E-state index contributed by atoms with van der Waals surface area (Å²) in [4.78, 5) is 36.9. The Hall–Kier alpha value is -3.95. The Morgan fingerprint density at radius 3 is 2.77 bits per heavy atom. The molecule has 10 nitrogen and oxygen atoms in total. The van der Waals surface area contributed by atoms with Gasteiger partial charge in [-0.2, -0.15) is 4.68 Å². The van der Waals surface area contributed by atoms with Crippen LogP contribution < -0.4 is 20.3 Å². The van der Waals surface area contributed by atoms with Crippen molar-refractivity contribution in [1.29, 1.82) is 0 Å². The highest BCUT2D eigenvalue weighted by Crippen LogP contribution is 2.32. The molecule has 1 amide bonds. The molecule has 0 radical (unpaired) electrons. The van der Waals surface area contributed by atoms with Crippen molar-refractivity contribution < 1.29 is 23.8 Å². The topological polar surface area (TPSA) is 122 Å². The molecular weight excluding hydrogens is 392 g/mol. The molecule has 0 spiro atoms. The van der Waals surface area contributed by atoms with Crippen molar-refractivity contribution in [1.82, 2.24) is 15.0 Å². The van der Waals surface area contributed by atoms with Crippen molar-refractivity contribution in [2.24, 2.45) is 0 Å². The minimum Gasteiger partial charge on any atom is -0.486 e. The Morgan fingerprint density at radius 2 is 1.93 bits per heavy atom. The molecule has 4 rings (SSSR count). The fraction of sp³-hybridized carbons (Fsp3) is 0.250. The number of nitrogens with one attached hydrogen (secondary N) is 1. The lowest BCUT2D eigenvalue weighted by Gasteiger charge is -2.19. The van der Waals surface area contributed by atoms with Crippen LogP contribution in [0, 0.1) is 0 Å². The third-order valence-corrected chi connectivity index (χ3v) is 4.40. The van der Waals surface area contributed by atoms with E-state index in [-0.39, 0.29) is 0 Å². The highest BCUT2D eigenvalue weighted by molar-refractivity contribution is 5.95. The van der Waals surface area contributed by atoms with Crippen LogP contribution in [0.1, 0.15) is 6.92 Å². The van der Waals surface area contributed by atoms with E-state index in [1.165, 1.54) is 6.92 Å². The molecule has 1 atom stereocenters. The van der Waals surface area contributed by atoms with E-state index in [0.29, 0.717) is 41.3 Å². The maximum Gasteiger partial charge on any atom is 0.328 e. The molecule has 0 fully saturated rings. The number of anilines is 1. The second-order valence-electron chi connectivity index (χ2n) is 6.55. The zero-order valence-electron chi connectivity index (χ0n) is 16.0. The molecule has 2 heterocycles. The molecule has 2 aromatic carbocycles. The van der Waals surface area contributed by atoms with Crippen LogP contribution in [-0.2, 0) is 20.9 Å². The summed E-state index contributed by atoms with van der Waals surface area (Å²) >= 11 is 0. The Morgan fingerprint density at radius 1 is 1.17 bits per heavy atom. The number of aromatic nitrogens is 3. The van der Waals surface area contributed by atoms with Gasteiger partial charge >= 0.3 is 5.97 Å². The first-order valence-electron chi connectivity index (χ1n) is 9.24. The first-order chi connectivity index (χ1) is 14.5. The molecule has 154 valence electrons. The summed E-state index contributed by atoms with van der Waals surface area (Å²) in [6, 6.07) is 11.6. The average Bonchev–Trinajstić information content (AvgIpc) is 2.75. The number of amides is 1. The van der Waals surface area contributed by atoms with Gasteiger partial charge in [0.1, 0.15) is 25.3 Å². The van der Waals surface area contributed by atoms with Crippen molar-refractivity contribution in [3.05, 3.63) is 52.8 Å². The van der Waals surface area contributed by atoms with Crippen molar-refractivity contribution in [2.75, 3.05) is 18.5 Å². The van der Waals surface area contributed by atoms with E-state index in [1.54, 1.807) is 42.5 Å². The molecule has 1 unspecified atom stereocenters. The smallest absolute Gasteiger partial charge is 0.328 e. The van der Waals surface area contributed by atoms with E-state index in [2.05, 4.69) is 15.6 Å². The molecular formula is C20H18N4O6. The molecule has 1 aliphatic heterocycles. The van der Waals surface area contributed by atoms with E-state index >= 15 is 0 Å². The second-order valence-corrected chi connectivity index (χ2v) is 6.55. The number of rotatable bonds is 5. The van der Waals surface area contributed by atoms with Crippen LogP contribution in [0.3, 0.4) is 0 Å². The van der Waals surface area contributed by atoms with Crippen LogP contribution in [0.2, 0.25) is 0 Å². The van der Waals surface area contributed by atoms with Crippen molar-refractivity contribution in [3.8, 4) is 11.5 Å². The fourth-order valence-corrected chi connectivity index (χ4v) is 2.90. The quantitative estimate of drug-likeness (QED) is 0.622. The van der Waals surface area contributed by atoms with Crippen LogP contribution in [0.15, 0.2) is 47.3 Å².